The van der Waals surface area contributed by atoms with E-state index in [2.05, 4.69) is 45.5 Å². The molecule has 3 heterocycles. The molecule has 1 aromatic heterocycles. The van der Waals surface area contributed by atoms with Crippen LogP contribution in [0.4, 0.5) is 0 Å². The maximum Gasteiger partial charge on any atom is 0.244 e. The van der Waals surface area contributed by atoms with E-state index in [1.807, 2.05) is 18.2 Å². The Morgan fingerprint density at radius 3 is 2.62 bits per heavy atom. The van der Waals surface area contributed by atoms with Crippen LogP contribution in [-0.2, 0) is 9.53 Å². The minimum atomic E-state index is -0.0232. The molecule has 3 atom stereocenters. The van der Waals surface area contributed by atoms with Gasteiger partial charge in [-0.15, -0.1) is 0 Å². The first-order chi connectivity index (χ1) is 15.8. The largest absolute Gasteiger partial charge is 0.381 e. The molecular formula is C27H33N3O2. The van der Waals surface area contributed by atoms with Crippen LogP contribution >= 0.6 is 0 Å². The highest BCUT2D eigenvalue weighted by molar-refractivity contribution is 5.91. The average molecular weight is 432 g/mol. The van der Waals surface area contributed by atoms with Gasteiger partial charge in [0, 0.05) is 57.4 Å². The molecule has 1 aromatic carbocycles. The van der Waals surface area contributed by atoms with Crippen molar-refractivity contribution in [3.8, 4) is 0 Å². The molecule has 1 amide bonds. The number of hydrogen-bond acceptors (Lipinski definition) is 4. The number of benzene rings is 1. The first kappa shape index (κ1) is 21.4. The van der Waals surface area contributed by atoms with Crippen molar-refractivity contribution in [3.05, 3.63) is 72.1 Å². The fraction of sp³-hybridized carbons (Fsp3) is 0.481. The third kappa shape index (κ3) is 4.94. The third-order valence-corrected chi connectivity index (χ3v) is 7.54. The van der Waals surface area contributed by atoms with E-state index in [9.17, 15) is 4.79 Å². The number of likely N-dealkylation sites (tertiary alicyclic amines) is 1. The molecule has 5 heteroatoms. The van der Waals surface area contributed by atoms with E-state index in [0.717, 1.165) is 62.3 Å². The van der Waals surface area contributed by atoms with E-state index in [1.165, 1.54) is 18.7 Å². The molecule has 5 nitrogen and oxygen atoms in total. The number of rotatable bonds is 8. The summed E-state index contributed by atoms with van der Waals surface area (Å²) in [4.78, 5) is 18.9. The molecule has 1 saturated carbocycles. The molecule has 2 saturated heterocycles. The van der Waals surface area contributed by atoms with Crippen molar-refractivity contribution in [2.24, 2.45) is 23.7 Å². The molecule has 1 aliphatic carbocycles. The Morgan fingerprint density at radius 2 is 1.91 bits per heavy atom. The zero-order valence-corrected chi connectivity index (χ0v) is 18.6. The molecule has 1 N–H and O–H groups in total. The highest BCUT2D eigenvalue weighted by Gasteiger charge is 2.56. The van der Waals surface area contributed by atoms with Gasteiger partial charge in [0.05, 0.1) is 0 Å². The Kier molecular flexibility index (Phi) is 6.65. The Hall–Kier alpha value is -2.50. The summed E-state index contributed by atoms with van der Waals surface area (Å²) in [5, 5.41) is 3.05. The van der Waals surface area contributed by atoms with Crippen LogP contribution in [0.1, 0.15) is 36.4 Å². The lowest BCUT2D eigenvalue weighted by Crippen LogP contribution is -2.37. The van der Waals surface area contributed by atoms with Crippen LogP contribution in [0.15, 0.2) is 60.9 Å². The fourth-order valence-electron chi connectivity index (χ4n) is 5.87. The predicted octanol–water partition coefficient (Wildman–Crippen LogP) is 3.95. The minimum Gasteiger partial charge on any atom is -0.381 e. The van der Waals surface area contributed by atoms with Gasteiger partial charge in [0.15, 0.2) is 0 Å². The molecule has 5 rings (SSSR count). The van der Waals surface area contributed by atoms with E-state index >= 15 is 0 Å². The summed E-state index contributed by atoms with van der Waals surface area (Å²) in [5.41, 5.74) is 2.40. The van der Waals surface area contributed by atoms with Crippen LogP contribution in [0.3, 0.4) is 0 Å². The molecule has 3 fully saturated rings. The smallest absolute Gasteiger partial charge is 0.244 e. The third-order valence-electron chi connectivity index (χ3n) is 7.54. The quantitative estimate of drug-likeness (QED) is 0.643. The monoisotopic (exact) mass is 431 g/mol. The van der Waals surface area contributed by atoms with Crippen LogP contribution in [-0.4, -0.2) is 48.6 Å². The number of pyridine rings is 1. The zero-order chi connectivity index (χ0) is 21.8. The first-order valence-corrected chi connectivity index (χ1v) is 12.0. The standard InChI is InChI=1S/C27H33N3O2/c31-26(9-8-20-5-4-13-28-17-20)29-14-10-23-24-18-30(19-25(23)24)27(21-6-2-1-3-7-21)22-11-15-32-16-12-22/h1-9,13,17,22-25,27H,10-12,14-16,18-19H2,(H,29,31)/b9-8+. The molecule has 0 bridgehead atoms. The number of ether oxygens (including phenoxy) is 1. The second-order valence-electron chi connectivity index (χ2n) is 9.45. The van der Waals surface area contributed by atoms with E-state index in [0.29, 0.717) is 12.0 Å². The van der Waals surface area contributed by atoms with Crippen LogP contribution in [0.2, 0.25) is 0 Å². The van der Waals surface area contributed by atoms with Gasteiger partial charge in [-0.3, -0.25) is 14.7 Å². The van der Waals surface area contributed by atoms with Gasteiger partial charge in [0.1, 0.15) is 0 Å². The van der Waals surface area contributed by atoms with Crippen molar-refractivity contribution >= 4 is 12.0 Å². The summed E-state index contributed by atoms with van der Waals surface area (Å²) < 4.78 is 5.64. The fourth-order valence-corrected chi connectivity index (χ4v) is 5.87. The summed E-state index contributed by atoms with van der Waals surface area (Å²) >= 11 is 0. The topological polar surface area (TPSA) is 54.5 Å². The lowest BCUT2D eigenvalue weighted by molar-refractivity contribution is -0.116. The Morgan fingerprint density at radius 1 is 1.12 bits per heavy atom. The molecule has 3 aliphatic rings. The van der Waals surface area contributed by atoms with E-state index in [-0.39, 0.29) is 5.91 Å². The van der Waals surface area contributed by atoms with Gasteiger partial charge in [-0.2, -0.15) is 0 Å². The molecule has 2 aliphatic heterocycles. The van der Waals surface area contributed by atoms with Crippen LogP contribution in [0, 0.1) is 23.7 Å². The van der Waals surface area contributed by atoms with Crippen molar-refractivity contribution in [1.82, 2.24) is 15.2 Å². The van der Waals surface area contributed by atoms with Gasteiger partial charge in [0.25, 0.3) is 0 Å². The maximum absolute atomic E-state index is 12.1. The summed E-state index contributed by atoms with van der Waals surface area (Å²) in [6, 6.07) is 15.4. The SMILES string of the molecule is O=C(/C=C/c1cccnc1)NCCC1C2CN(C(c3ccccc3)C3CCOCC3)CC12. The Bertz CT molecular complexity index is 899. The predicted molar refractivity (Wildman–Crippen MR) is 126 cm³/mol. The molecule has 2 aromatic rings. The summed E-state index contributed by atoms with van der Waals surface area (Å²) in [7, 11) is 0. The van der Waals surface area contributed by atoms with Crippen molar-refractivity contribution in [2.45, 2.75) is 25.3 Å². The molecular weight excluding hydrogens is 398 g/mol. The van der Waals surface area contributed by atoms with Gasteiger partial charge in [-0.1, -0.05) is 36.4 Å². The highest BCUT2D eigenvalue weighted by Crippen LogP contribution is 2.56. The summed E-state index contributed by atoms with van der Waals surface area (Å²) in [6.07, 6.45) is 10.3. The van der Waals surface area contributed by atoms with Gasteiger partial charge >= 0.3 is 0 Å². The first-order valence-electron chi connectivity index (χ1n) is 12.0. The van der Waals surface area contributed by atoms with Crippen LogP contribution in [0.25, 0.3) is 6.08 Å². The van der Waals surface area contributed by atoms with Crippen LogP contribution in [0.5, 0.6) is 0 Å². The maximum atomic E-state index is 12.1. The Balaban J connectivity index is 1.10. The van der Waals surface area contributed by atoms with Crippen molar-refractivity contribution < 1.29 is 9.53 Å². The average Bonchev–Trinajstić information content (AvgIpc) is 3.29. The number of aromatic nitrogens is 1. The number of carbonyl (C=O) groups is 1. The highest BCUT2D eigenvalue weighted by atomic mass is 16.5. The zero-order valence-electron chi connectivity index (χ0n) is 18.6. The number of fused-ring (bicyclic) bond motifs is 1. The molecule has 168 valence electrons. The lowest BCUT2D eigenvalue weighted by atomic mass is 9.86. The van der Waals surface area contributed by atoms with Crippen molar-refractivity contribution in [1.29, 1.82) is 0 Å². The molecule has 32 heavy (non-hydrogen) atoms. The number of nitrogens with one attached hydrogen (secondary N) is 1. The summed E-state index contributed by atoms with van der Waals surface area (Å²) in [5.74, 6) is 3.02. The number of piperidine rings is 1. The van der Waals surface area contributed by atoms with E-state index < -0.39 is 0 Å². The molecule has 0 spiro atoms. The second kappa shape index (κ2) is 9.97. The number of hydrogen-bond donors (Lipinski definition) is 1. The van der Waals surface area contributed by atoms with Gasteiger partial charge in [-0.25, -0.2) is 0 Å². The molecule has 0 radical (unpaired) electrons. The normalized spacial score (nSPS) is 26.7. The lowest BCUT2D eigenvalue weighted by Gasteiger charge is -2.38. The number of carbonyl (C=O) groups excluding carboxylic acids is 1. The van der Waals surface area contributed by atoms with Crippen molar-refractivity contribution in [2.75, 3.05) is 32.8 Å². The number of amides is 1. The van der Waals surface area contributed by atoms with Crippen molar-refractivity contribution in [3.63, 3.8) is 0 Å². The molecule has 3 unspecified atom stereocenters. The second-order valence-corrected chi connectivity index (χ2v) is 9.45. The van der Waals surface area contributed by atoms with Gasteiger partial charge in [-0.05, 0) is 66.2 Å². The van der Waals surface area contributed by atoms with E-state index in [1.54, 1.807) is 18.5 Å². The van der Waals surface area contributed by atoms with Gasteiger partial charge in [0.2, 0.25) is 5.91 Å². The minimum absolute atomic E-state index is 0.0232. The summed E-state index contributed by atoms with van der Waals surface area (Å²) in [6.45, 7) is 4.94. The Labute approximate surface area is 190 Å². The van der Waals surface area contributed by atoms with E-state index in [4.69, 9.17) is 4.74 Å². The van der Waals surface area contributed by atoms with Crippen LogP contribution < -0.4 is 5.32 Å². The number of nitrogens with zero attached hydrogens (tertiary/aromatic N) is 2. The van der Waals surface area contributed by atoms with Gasteiger partial charge < -0.3 is 10.1 Å².